The molecule has 1 N–H and O–H groups in total. The highest BCUT2D eigenvalue weighted by molar-refractivity contribution is 7.99. The Morgan fingerprint density at radius 3 is 2.04 bits per heavy atom. The van der Waals surface area contributed by atoms with E-state index in [9.17, 15) is 9.59 Å². The number of thioether (sulfide) groups is 1. The van der Waals surface area contributed by atoms with Crippen molar-refractivity contribution in [2.24, 2.45) is 5.10 Å². The number of methoxy groups -OCH3 is 4. The Balaban J connectivity index is 1.25. The largest absolute Gasteiger partial charge is 0.497 e. The molecule has 0 bridgehead atoms. The van der Waals surface area contributed by atoms with Gasteiger partial charge < -0.3 is 24.3 Å². The predicted octanol–water partition coefficient (Wildman–Crippen LogP) is 5.70. The van der Waals surface area contributed by atoms with Gasteiger partial charge in [0.1, 0.15) is 23.0 Å². The lowest BCUT2D eigenvalue weighted by Crippen LogP contribution is -2.28. The Bertz CT molecular complexity index is 1980. The van der Waals surface area contributed by atoms with E-state index in [-0.39, 0.29) is 30.2 Å². The van der Waals surface area contributed by atoms with Crippen molar-refractivity contribution in [3.8, 4) is 28.7 Å². The number of amides is 2. The molecular weight excluding hydrogens is 657 g/mol. The molecule has 6 rings (SSSR count). The second-order valence-corrected chi connectivity index (χ2v) is 12.1. The monoisotopic (exact) mass is 692 g/mol. The summed E-state index contributed by atoms with van der Waals surface area (Å²) in [5.41, 5.74) is 3.77. The highest BCUT2D eigenvalue weighted by Gasteiger charge is 2.33. The van der Waals surface area contributed by atoms with Crippen molar-refractivity contribution in [2.45, 2.75) is 24.2 Å². The number of rotatable bonds is 13. The number of hydrogen-bond donors (Lipinski definition) is 1. The van der Waals surface area contributed by atoms with Gasteiger partial charge in [-0.3, -0.25) is 14.2 Å². The van der Waals surface area contributed by atoms with Crippen molar-refractivity contribution in [3.63, 3.8) is 0 Å². The van der Waals surface area contributed by atoms with E-state index in [0.717, 1.165) is 28.3 Å². The molecule has 4 aromatic carbocycles. The maximum absolute atomic E-state index is 14.0. The molecule has 2 heterocycles. The highest BCUT2D eigenvalue weighted by Crippen LogP contribution is 2.35. The summed E-state index contributed by atoms with van der Waals surface area (Å²) in [5.74, 6) is 2.70. The van der Waals surface area contributed by atoms with Crippen LogP contribution in [0.5, 0.6) is 23.0 Å². The van der Waals surface area contributed by atoms with Crippen molar-refractivity contribution in [3.05, 3.63) is 120 Å². The number of hydrogen-bond acceptors (Lipinski definition) is 10. The number of nitrogens with one attached hydrogen (secondary N) is 1. The quantitative estimate of drug-likeness (QED) is 0.155. The molecule has 1 aromatic heterocycles. The van der Waals surface area contributed by atoms with Crippen molar-refractivity contribution in [2.75, 3.05) is 34.2 Å². The lowest BCUT2D eigenvalue weighted by molar-refractivity contribution is -0.130. The summed E-state index contributed by atoms with van der Waals surface area (Å²) < 4.78 is 23.3. The predicted molar refractivity (Wildman–Crippen MR) is 190 cm³/mol. The molecule has 0 radical (unpaired) electrons. The first-order valence-electron chi connectivity index (χ1n) is 15.7. The van der Waals surface area contributed by atoms with Gasteiger partial charge >= 0.3 is 0 Å². The summed E-state index contributed by atoms with van der Waals surface area (Å²) in [6.45, 7) is 0.0750. The van der Waals surface area contributed by atoms with E-state index in [2.05, 4.69) is 15.5 Å². The van der Waals surface area contributed by atoms with Gasteiger partial charge in [-0.2, -0.15) is 5.10 Å². The molecule has 0 spiro atoms. The summed E-state index contributed by atoms with van der Waals surface area (Å²) in [5, 5.41) is 18.6. The van der Waals surface area contributed by atoms with Gasteiger partial charge in [0, 0.05) is 12.0 Å². The molecule has 0 saturated heterocycles. The van der Waals surface area contributed by atoms with Gasteiger partial charge in [-0.05, 0) is 83.9 Å². The Kier molecular flexibility index (Phi) is 10.6. The minimum Gasteiger partial charge on any atom is -0.497 e. The topological polar surface area (TPSA) is 129 Å². The van der Waals surface area contributed by atoms with Crippen LogP contribution in [-0.2, 0) is 11.3 Å². The van der Waals surface area contributed by atoms with Gasteiger partial charge in [-0.25, -0.2) is 5.01 Å². The number of carbonyl (C=O) groups excluding carboxylic acids is 2. The van der Waals surface area contributed by atoms with E-state index in [1.165, 1.54) is 11.8 Å². The fourth-order valence-corrected chi connectivity index (χ4v) is 6.36. The maximum atomic E-state index is 14.0. The van der Waals surface area contributed by atoms with Crippen molar-refractivity contribution in [1.82, 2.24) is 25.1 Å². The maximum Gasteiger partial charge on any atom is 0.253 e. The zero-order valence-corrected chi connectivity index (χ0v) is 28.8. The van der Waals surface area contributed by atoms with Crippen molar-refractivity contribution in [1.29, 1.82) is 0 Å². The van der Waals surface area contributed by atoms with Gasteiger partial charge in [-0.1, -0.05) is 36.0 Å². The molecule has 5 aromatic rings. The number of carbonyl (C=O) groups is 2. The van der Waals surface area contributed by atoms with E-state index in [0.29, 0.717) is 40.2 Å². The second-order valence-electron chi connectivity index (χ2n) is 11.1. The standard InChI is InChI=1S/C37H36N6O6S/c1-46-27-15-9-24(10-16-27)30-21-32(25-11-17-28(47-2)18-12-25)43(41-30)35(44)23-50-37-40-39-34(42(37)31-7-5-6-8-33(31)49-4)22-38-36(45)26-13-19-29(48-3)20-14-26/h5-20,32H,21-23H2,1-4H3,(H,38,45)/t32-/m0/s1. The number of ether oxygens (including phenoxy) is 4. The first-order valence-corrected chi connectivity index (χ1v) is 16.7. The number of para-hydroxylation sites is 2. The fraction of sp³-hybridized carbons (Fsp3) is 0.216. The molecule has 0 fully saturated rings. The van der Waals surface area contributed by atoms with Gasteiger partial charge in [0.05, 0.1) is 58.2 Å². The smallest absolute Gasteiger partial charge is 0.253 e. The first kappa shape index (κ1) is 34.1. The third kappa shape index (κ3) is 7.42. The van der Waals surface area contributed by atoms with Crippen LogP contribution in [0.15, 0.2) is 107 Å². The number of nitrogens with zero attached hydrogens (tertiary/aromatic N) is 5. The first-order chi connectivity index (χ1) is 24.4. The fourth-order valence-electron chi connectivity index (χ4n) is 5.54. The molecule has 0 saturated carbocycles. The number of hydrazone groups is 1. The molecule has 0 unspecified atom stereocenters. The van der Waals surface area contributed by atoms with E-state index in [1.54, 1.807) is 62.3 Å². The zero-order valence-electron chi connectivity index (χ0n) is 28.0. The molecular formula is C37H36N6O6S. The Hall–Kier alpha value is -5.82. The van der Waals surface area contributed by atoms with Crippen LogP contribution < -0.4 is 24.3 Å². The van der Waals surface area contributed by atoms with Gasteiger partial charge in [0.15, 0.2) is 11.0 Å². The van der Waals surface area contributed by atoms with Crippen LogP contribution in [-0.4, -0.2) is 71.5 Å². The van der Waals surface area contributed by atoms with Crippen LogP contribution >= 0.6 is 11.8 Å². The van der Waals surface area contributed by atoms with E-state index < -0.39 is 0 Å². The molecule has 0 aliphatic carbocycles. The highest BCUT2D eigenvalue weighted by atomic mass is 32.2. The second kappa shape index (κ2) is 15.6. The normalized spacial score (nSPS) is 13.8. The molecule has 1 aliphatic heterocycles. The summed E-state index contributed by atoms with van der Waals surface area (Å²) in [6.07, 6.45) is 0.532. The summed E-state index contributed by atoms with van der Waals surface area (Å²) in [6, 6.07) is 29.2. The van der Waals surface area contributed by atoms with Gasteiger partial charge in [-0.15, -0.1) is 10.2 Å². The summed E-state index contributed by atoms with van der Waals surface area (Å²) in [7, 11) is 6.39. The molecule has 256 valence electrons. The Morgan fingerprint density at radius 2 is 1.40 bits per heavy atom. The van der Waals surface area contributed by atoms with E-state index in [4.69, 9.17) is 24.0 Å². The van der Waals surface area contributed by atoms with Crippen LogP contribution in [0, 0.1) is 0 Å². The Labute approximate surface area is 294 Å². The average molecular weight is 693 g/mol. The van der Waals surface area contributed by atoms with Crippen molar-refractivity contribution >= 4 is 29.3 Å². The summed E-state index contributed by atoms with van der Waals surface area (Å²) in [4.78, 5) is 27.0. The van der Waals surface area contributed by atoms with Crippen LogP contribution in [0.1, 0.15) is 39.8 Å². The SMILES string of the molecule is COc1ccc(C(=O)NCc2nnc(SCC(=O)N3N=C(c4ccc(OC)cc4)C[C@H]3c3ccc(OC)cc3)n2-c2ccccc2OC)cc1. The molecule has 1 aliphatic rings. The Morgan fingerprint density at radius 1 is 0.780 bits per heavy atom. The van der Waals surface area contributed by atoms with E-state index >= 15 is 0 Å². The minimum absolute atomic E-state index is 0.0253. The van der Waals surface area contributed by atoms with Crippen LogP contribution in [0.2, 0.25) is 0 Å². The third-order valence-corrected chi connectivity index (χ3v) is 9.11. The summed E-state index contributed by atoms with van der Waals surface area (Å²) >= 11 is 1.23. The van der Waals surface area contributed by atoms with Crippen molar-refractivity contribution < 1.29 is 28.5 Å². The van der Waals surface area contributed by atoms with Gasteiger partial charge in [0.2, 0.25) is 0 Å². The molecule has 2 amide bonds. The number of benzene rings is 4. The van der Waals surface area contributed by atoms with Crippen LogP contribution in [0.25, 0.3) is 5.69 Å². The number of aromatic nitrogens is 3. The molecule has 13 heteroatoms. The minimum atomic E-state index is -0.318. The third-order valence-electron chi connectivity index (χ3n) is 8.20. The molecule has 12 nitrogen and oxygen atoms in total. The van der Waals surface area contributed by atoms with E-state index in [1.807, 2.05) is 72.8 Å². The van der Waals surface area contributed by atoms with Crippen LogP contribution in [0.3, 0.4) is 0 Å². The molecule has 1 atom stereocenters. The lowest BCUT2D eigenvalue weighted by Gasteiger charge is -2.22. The lowest BCUT2D eigenvalue weighted by atomic mass is 9.98. The zero-order chi connectivity index (χ0) is 35.0. The molecule has 50 heavy (non-hydrogen) atoms. The average Bonchev–Trinajstić information content (AvgIpc) is 3.81. The van der Waals surface area contributed by atoms with Crippen LogP contribution in [0.4, 0.5) is 0 Å². The van der Waals surface area contributed by atoms with Gasteiger partial charge in [0.25, 0.3) is 11.8 Å².